The van der Waals surface area contributed by atoms with E-state index in [1.807, 2.05) is 31.2 Å². The Hall–Kier alpha value is -2.54. The molecular formula is C17H15BrN2O4. The molecule has 0 radical (unpaired) electrons. The van der Waals surface area contributed by atoms with Crippen LogP contribution in [-0.2, 0) is 11.2 Å². The molecule has 2 rings (SSSR count). The summed E-state index contributed by atoms with van der Waals surface area (Å²) in [6, 6.07) is 12.2. The summed E-state index contributed by atoms with van der Waals surface area (Å²) in [6.45, 7) is 1.17. The first-order valence-electron chi connectivity index (χ1n) is 7.15. The normalized spacial score (nSPS) is 10.2. The maximum absolute atomic E-state index is 12.1. The Morgan fingerprint density at radius 3 is 2.54 bits per heavy atom. The zero-order chi connectivity index (χ0) is 17.7. The molecule has 0 spiro atoms. The molecular weight excluding hydrogens is 376 g/mol. The lowest BCUT2D eigenvalue weighted by atomic mass is 10.1. The topological polar surface area (TPSA) is 89.3 Å². The summed E-state index contributed by atoms with van der Waals surface area (Å²) in [5.74, 6) is -0.773. The molecule has 0 atom stereocenters. The van der Waals surface area contributed by atoms with Crippen LogP contribution in [0.15, 0.2) is 46.9 Å². The summed E-state index contributed by atoms with van der Waals surface area (Å²) in [6.07, 6.45) is 0.242. The Kier molecular flexibility index (Phi) is 5.81. The van der Waals surface area contributed by atoms with Crippen molar-refractivity contribution in [3.05, 3.63) is 73.7 Å². The Morgan fingerprint density at radius 2 is 1.92 bits per heavy atom. The van der Waals surface area contributed by atoms with Gasteiger partial charge in [0, 0.05) is 20.6 Å². The van der Waals surface area contributed by atoms with Crippen molar-refractivity contribution in [2.75, 3.05) is 11.9 Å². The van der Waals surface area contributed by atoms with E-state index >= 15 is 0 Å². The van der Waals surface area contributed by atoms with E-state index in [2.05, 4.69) is 21.2 Å². The van der Waals surface area contributed by atoms with Crippen LogP contribution in [0.5, 0.6) is 0 Å². The van der Waals surface area contributed by atoms with Crippen molar-refractivity contribution in [1.82, 2.24) is 0 Å². The molecule has 0 fully saturated rings. The van der Waals surface area contributed by atoms with Crippen molar-refractivity contribution in [2.45, 2.75) is 13.3 Å². The molecule has 6 nitrogen and oxygen atoms in total. The second-order valence-electron chi connectivity index (χ2n) is 5.26. The average Bonchev–Trinajstić information content (AvgIpc) is 2.48. The zero-order valence-corrected chi connectivity index (χ0v) is 14.5. The van der Waals surface area contributed by atoms with Crippen LogP contribution in [0, 0.1) is 17.0 Å². The third-order valence-corrected chi connectivity index (χ3v) is 4.09. The number of nitrogens with zero attached hydrogens (tertiary/aromatic N) is 1. The van der Waals surface area contributed by atoms with Crippen LogP contribution in [0.2, 0.25) is 0 Å². The molecule has 0 unspecified atom stereocenters. The van der Waals surface area contributed by atoms with Crippen LogP contribution < -0.4 is 5.32 Å². The molecule has 24 heavy (non-hydrogen) atoms. The molecule has 2 aromatic carbocycles. The van der Waals surface area contributed by atoms with Crippen molar-refractivity contribution in [1.29, 1.82) is 0 Å². The van der Waals surface area contributed by atoms with Gasteiger partial charge in [-0.15, -0.1) is 0 Å². The Labute approximate surface area is 147 Å². The monoisotopic (exact) mass is 390 g/mol. The molecule has 124 valence electrons. The molecule has 1 amide bonds. The molecule has 0 aliphatic heterocycles. The first kappa shape index (κ1) is 17.8. The van der Waals surface area contributed by atoms with E-state index in [-0.39, 0.29) is 17.9 Å². The van der Waals surface area contributed by atoms with Gasteiger partial charge in [0.05, 0.1) is 6.42 Å². The smallest absolute Gasteiger partial charge is 0.265 e. The van der Waals surface area contributed by atoms with Crippen LogP contribution in [0.3, 0.4) is 0 Å². The van der Waals surface area contributed by atoms with Crippen LogP contribution in [0.1, 0.15) is 21.5 Å². The Morgan fingerprint density at radius 1 is 1.21 bits per heavy atom. The summed E-state index contributed by atoms with van der Waals surface area (Å²) < 4.78 is 0.406. The second-order valence-corrected chi connectivity index (χ2v) is 6.11. The quantitative estimate of drug-likeness (QED) is 0.464. The zero-order valence-electron chi connectivity index (χ0n) is 12.9. The number of benzene rings is 2. The van der Waals surface area contributed by atoms with Crippen molar-refractivity contribution in [3.63, 3.8) is 0 Å². The van der Waals surface area contributed by atoms with Crippen LogP contribution in [0.25, 0.3) is 0 Å². The van der Waals surface area contributed by atoms with Crippen molar-refractivity contribution in [2.24, 2.45) is 0 Å². The molecule has 7 heteroatoms. The minimum Gasteiger partial charge on any atom is -0.326 e. The predicted octanol–water partition coefficient (Wildman–Crippen LogP) is 3.40. The van der Waals surface area contributed by atoms with E-state index in [1.54, 1.807) is 12.1 Å². The standard InChI is InChI=1S/C17H15BrN2O4/c1-11-4-2-3-5-12(11)8-17(22)19-13-6-7-14(15(18)9-13)16(21)10-20(23)24/h2-7,9H,8,10H2,1H3,(H,19,22). The van der Waals surface area contributed by atoms with Gasteiger partial charge in [-0.2, -0.15) is 0 Å². The fraction of sp³-hybridized carbons (Fsp3) is 0.176. The number of carbonyl (C=O) groups is 2. The fourth-order valence-electron chi connectivity index (χ4n) is 2.21. The van der Waals surface area contributed by atoms with E-state index < -0.39 is 17.3 Å². The Balaban J connectivity index is 2.07. The lowest BCUT2D eigenvalue weighted by Gasteiger charge is -2.09. The number of rotatable bonds is 6. The van der Waals surface area contributed by atoms with Gasteiger partial charge in [-0.05, 0) is 52.2 Å². The van der Waals surface area contributed by atoms with E-state index in [0.29, 0.717) is 10.2 Å². The number of hydrogen-bond donors (Lipinski definition) is 1. The first-order valence-corrected chi connectivity index (χ1v) is 7.95. The lowest BCUT2D eigenvalue weighted by Crippen LogP contribution is -2.16. The number of anilines is 1. The lowest BCUT2D eigenvalue weighted by molar-refractivity contribution is -0.465. The van der Waals surface area contributed by atoms with Gasteiger partial charge in [0.2, 0.25) is 11.7 Å². The molecule has 0 aromatic heterocycles. The molecule has 0 bridgehead atoms. The molecule has 0 aliphatic rings. The van der Waals surface area contributed by atoms with Gasteiger partial charge in [-0.1, -0.05) is 24.3 Å². The van der Waals surface area contributed by atoms with Gasteiger partial charge in [0.1, 0.15) is 0 Å². The number of aryl methyl sites for hydroxylation is 1. The van der Waals surface area contributed by atoms with Crippen molar-refractivity contribution < 1.29 is 14.5 Å². The molecule has 2 aromatic rings. The first-order chi connectivity index (χ1) is 11.4. The largest absolute Gasteiger partial charge is 0.326 e. The number of nitrogens with one attached hydrogen (secondary N) is 1. The number of carbonyl (C=O) groups excluding carboxylic acids is 2. The highest BCUT2D eigenvalue weighted by atomic mass is 79.9. The van der Waals surface area contributed by atoms with E-state index in [9.17, 15) is 19.7 Å². The molecule has 0 heterocycles. The van der Waals surface area contributed by atoms with Crippen molar-refractivity contribution >= 4 is 33.3 Å². The molecule has 0 saturated carbocycles. The van der Waals surface area contributed by atoms with E-state index in [4.69, 9.17) is 0 Å². The maximum atomic E-state index is 12.1. The summed E-state index contributed by atoms with van der Waals surface area (Å²) in [5.41, 5.74) is 2.70. The van der Waals surface area contributed by atoms with Gasteiger partial charge in [0.15, 0.2) is 0 Å². The summed E-state index contributed by atoms with van der Waals surface area (Å²) in [4.78, 5) is 33.6. The number of hydrogen-bond acceptors (Lipinski definition) is 4. The van der Waals surface area contributed by atoms with Gasteiger partial charge in [-0.25, -0.2) is 0 Å². The van der Waals surface area contributed by atoms with E-state index in [1.165, 1.54) is 6.07 Å². The number of amides is 1. The molecule has 0 aliphatic carbocycles. The molecule has 0 saturated heterocycles. The van der Waals surface area contributed by atoms with Crippen molar-refractivity contribution in [3.8, 4) is 0 Å². The Bertz CT molecular complexity index is 805. The van der Waals surface area contributed by atoms with Crippen LogP contribution >= 0.6 is 15.9 Å². The van der Waals surface area contributed by atoms with Gasteiger partial charge >= 0.3 is 0 Å². The summed E-state index contributed by atoms with van der Waals surface area (Å²) in [7, 11) is 0. The minimum absolute atomic E-state index is 0.180. The van der Waals surface area contributed by atoms with Gasteiger partial charge < -0.3 is 5.32 Å². The number of Topliss-reactive ketones (excluding diaryl/α,β-unsaturated/α-hetero) is 1. The number of ketones is 1. The van der Waals surface area contributed by atoms with Crippen LogP contribution in [0.4, 0.5) is 5.69 Å². The summed E-state index contributed by atoms with van der Waals surface area (Å²) >= 11 is 3.21. The fourth-order valence-corrected chi connectivity index (χ4v) is 2.81. The summed E-state index contributed by atoms with van der Waals surface area (Å²) in [5, 5.41) is 13.2. The number of nitro groups is 1. The predicted molar refractivity (Wildman–Crippen MR) is 93.8 cm³/mol. The van der Waals surface area contributed by atoms with Gasteiger partial charge in [-0.3, -0.25) is 19.7 Å². The number of halogens is 1. The highest BCUT2D eigenvalue weighted by Crippen LogP contribution is 2.22. The highest BCUT2D eigenvalue weighted by molar-refractivity contribution is 9.10. The molecule has 1 N–H and O–H groups in total. The third kappa shape index (κ3) is 4.73. The second kappa shape index (κ2) is 7.83. The van der Waals surface area contributed by atoms with Gasteiger partial charge in [0.25, 0.3) is 6.54 Å². The average molecular weight is 391 g/mol. The van der Waals surface area contributed by atoms with Crippen LogP contribution in [-0.4, -0.2) is 23.2 Å². The third-order valence-electron chi connectivity index (χ3n) is 3.44. The van der Waals surface area contributed by atoms with E-state index in [0.717, 1.165) is 11.1 Å². The maximum Gasteiger partial charge on any atom is 0.265 e. The minimum atomic E-state index is -0.766. The highest BCUT2D eigenvalue weighted by Gasteiger charge is 2.16. The SMILES string of the molecule is Cc1ccccc1CC(=O)Nc1ccc(C(=O)C[N+](=O)[O-])c(Br)c1.